The number of carbonyl (C=O) groups excluding carboxylic acids is 1. The second-order valence-electron chi connectivity index (χ2n) is 3.81. The van der Waals surface area contributed by atoms with Crippen molar-refractivity contribution in [3.8, 4) is 6.07 Å². The quantitative estimate of drug-likeness (QED) is 0.936. The van der Waals surface area contributed by atoms with Gasteiger partial charge in [-0.3, -0.25) is 4.79 Å². The molecular weight excluding hydrogens is 265 g/mol. The number of rotatable bonds is 3. The number of nitrogens with zero attached hydrogens (tertiary/aromatic N) is 2. The van der Waals surface area contributed by atoms with Gasteiger partial charge >= 0.3 is 0 Å². The highest BCUT2D eigenvalue weighted by Crippen LogP contribution is 2.17. The maximum atomic E-state index is 13.6. The van der Waals surface area contributed by atoms with Crippen LogP contribution in [-0.4, -0.2) is 10.9 Å². The van der Waals surface area contributed by atoms with Crippen LogP contribution in [0.15, 0.2) is 29.6 Å². The molecule has 19 heavy (non-hydrogen) atoms. The number of halogens is 1. The summed E-state index contributed by atoms with van der Waals surface area (Å²) in [5.41, 5.74) is 0.379. The topological polar surface area (TPSA) is 65.8 Å². The summed E-state index contributed by atoms with van der Waals surface area (Å²) in [6.07, 6.45) is 0. The van der Waals surface area contributed by atoms with Crippen LogP contribution in [0.1, 0.15) is 27.1 Å². The van der Waals surface area contributed by atoms with E-state index in [9.17, 15) is 9.18 Å². The molecular formula is C13H10FN3OS. The summed E-state index contributed by atoms with van der Waals surface area (Å²) in [6.45, 7) is 1.78. The summed E-state index contributed by atoms with van der Waals surface area (Å²) in [5.74, 6) is -1.01. The predicted octanol–water partition coefficient (Wildman–Crippen LogP) is 2.59. The first-order valence-electron chi connectivity index (χ1n) is 5.49. The van der Waals surface area contributed by atoms with E-state index in [1.807, 2.05) is 6.07 Å². The smallest absolute Gasteiger partial charge is 0.272 e. The fraction of sp³-hybridized carbons (Fsp3) is 0.154. The molecule has 0 saturated carbocycles. The lowest BCUT2D eigenvalue weighted by Crippen LogP contribution is -2.28. The van der Waals surface area contributed by atoms with Crippen molar-refractivity contribution in [3.63, 3.8) is 0 Å². The number of aromatic nitrogens is 1. The zero-order valence-corrected chi connectivity index (χ0v) is 10.9. The third kappa shape index (κ3) is 2.95. The lowest BCUT2D eigenvalue weighted by atomic mass is 10.1. The molecule has 1 atom stereocenters. The third-order valence-corrected chi connectivity index (χ3v) is 3.25. The molecule has 0 aliphatic carbocycles. The minimum absolute atomic E-state index is 0.144. The number of nitrogens with one attached hydrogen (secondary N) is 1. The summed E-state index contributed by atoms with van der Waals surface area (Å²) in [5, 5.41) is 13.9. The highest BCUT2D eigenvalue weighted by atomic mass is 32.1. The molecule has 0 unspecified atom stereocenters. The van der Waals surface area contributed by atoms with E-state index >= 15 is 0 Å². The average molecular weight is 275 g/mol. The van der Waals surface area contributed by atoms with E-state index in [2.05, 4.69) is 10.3 Å². The van der Waals surface area contributed by atoms with Gasteiger partial charge in [0.2, 0.25) is 0 Å². The van der Waals surface area contributed by atoms with Gasteiger partial charge in [0, 0.05) is 10.9 Å². The molecule has 2 rings (SSSR count). The van der Waals surface area contributed by atoms with Gasteiger partial charge in [-0.05, 0) is 13.0 Å². The molecule has 6 heteroatoms. The molecule has 1 amide bonds. The van der Waals surface area contributed by atoms with Gasteiger partial charge < -0.3 is 5.32 Å². The highest BCUT2D eigenvalue weighted by Gasteiger charge is 2.19. The summed E-state index contributed by atoms with van der Waals surface area (Å²) in [6, 6.07) is 6.70. The lowest BCUT2D eigenvalue weighted by Gasteiger charge is -2.11. The Morgan fingerprint density at radius 1 is 1.53 bits per heavy atom. The standard InChI is InChI=1S/C13H10FN3OS/c1-8-16-12(7-19-8)13(18)17-11(6-15)9-4-2-3-5-10(9)14/h2-5,7,11H,1H3,(H,17,18)/t11-/m0/s1. The van der Waals surface area contributed by atoms with Crippen molar-refractivity contribution >= 4 is 17.2 Å². The molecule has 1 aromatic heterocycles. The number of amides is 1. The van der Waals surface area contributed by atoms with Crippen molar-refractivity contribution < 1.29 is 9.18 Å². The number of benzene rings is 1. The molecule has 0 radical (unpaired) electrons. The first-order valence-corrected chi connectivity index (χ1v) is 6.37. The van der Waals surface area contributed by atoms with Crippen LogP contribution in [0.25, 0.3) is 0 Å². The summed E-state index contributed by atoms with van der Waals surface area (Å²) in [7, 11) is 0. The van der Waals surface area contributed by atoms with Crippen LogP contribution in [-0.2, 0) is 0 Å². The van der Waals surface area contributed by atoms with Crippen LogP contribution in [0.4, 0.5) is 4.39 Å². The Hall–Kier alpha value is -2.26. The van der Waals surface area contributed by atoms with E-state index in [0.29, 0.717) is 0 Å². The maximum absolute atomic E-state index is 13.6. The van der Waals surface area contributed by atoms with Crippen LogP contribution in [0.5, 0.6) is 0 Å². The van der Waals surface area contributed by atoms with Crippen molar-refractivity contribution in [2.75, 3.05) is 0 Å². The van der Waals surface area contributed by atoms with Crippen LogP contribution in [0.2, 0.25) is 0 Å². The Morgan fingerprint density at radius 2 is 2.26 bits per heavy atom. The van der Waals surface area contributed by atoms with Gasteiger partial charge in [0.15, 0.2) is 0 Å². The Bertz CT molecular complexity index is 647. The zero-order valence-electron chi connectivity index (χ0n) is 10.1. The second-order valence-corrected chi connectivity index (χ2v) is 4.87. The van der Waals surface area contributed by atoms with Crippen molar-refractivity contribution in [3.05, 3.63) is 51.7 Å². The molecule has 0 bridgehead atoms. The van der Waals surface area contributed by atoms with E-state index in [0.717, 1.165) is 5.01 Å². The fourth-order valence-electron chi connectivity index (χ4n) is 1.56. The largest absolute Gasteiger partial charge is 0.331 e. The van der Waals surface area contributed by atoms with Gasteiger partial charge in [-0.2, -0.15) is 5.26 Å². The molecule has 0 fully saturated rings. The van der Waals surface area contributed by atoms with Gasteiger partial charge in [0.1, 0.15) is 17.6 Å². The van der Waals surface area contributed by atoms with Gasteiger partial charge in [-0.25, -0.2) is 9.37 Å². The van der Waals surface area contributed by atoms with Crippen molar-refractivity contribution in [1.82, 2.24) is 10.3 Å². The Balaban J connectivity index is 2.19. The first-order chi connectivity index (χ1) is 9.11. The minimum Gasteiger partial charge on any atom is -0.331 e. The van der Waals surface area contributed by atoms with Crippen molar-refractivity contribution in [2.45, 2.75) is 13.0 Å². The fourth-order valence-corrected chi connectivity index (χ4v) is 2.15. The predicted molar refractivity (Wildman–Crippen MR) is 69.1 cm³/mol. The number of hydrogen-bond donors (Lipinski definition) is 1. The molecule has 1 aromatic carbocycles. The van der Waals surface area contributed by atoms with Gasteiger partial charge in [-0.15, -0.1) is 11.3 Å². The SMILES string of the molecule is Cc1nc(C(=O)N[C@@H](C#N)c2ccccc2F)cs1. The molecule has 4 nitrogen and oxygen atoms in total. The number of thiazole rings is 1. The molecule has 0 aliphatic heterocycles. The molecule has 0 spiro atoms. The Kier molecular flexibility index (Phi) is 3.88. The van der Waals surface area contributed by atoms with Crippen LogP contribution in [0.3, 0.4) is 0 Å². The summed E-state index contributed by atoms with van der Waals surface area (Å²) in [4.78, 5) is 15.9. The number of nitriles is 1. The zero-order chi connectivity index (χ0) is 13.8. The van der Waals surface area contributed by atoms with E-state index in [4.69, 9.17) is 5.26 Å². The van der Waals surface area contributed by atoms with Crippen molar-refractivity contribution in [2.24, 2.45) is 0 Å². The molecule has 96 valence electrons. The lowest BCUT2D eigenvalue weighted by molar-refractivity contribution is 0.0940. The summed E-state index contributed by atoms with van der Waals surface area (Å²) < 4.78 is 13.6. The highest BCUT2D eigenvalue weighted by molar-refractivity contribution is 7.09. The van der Waals surface area contributed by atoms with Crippen LogP contribution in [0, 0.1) is 24.1 Å². The van der Waals surface area contributed by atoms with Gasteiger partial charge in [-0.1, -0.05) is 18.2 Å². The van der Waals surface area contributed by atoms with E-state index in [1.165, 1.54) is 29.5 Å². The molecule has 2 aromatic rings. The Morgan fingerprint density at radius 3 is 2.84 bits per heavy atom. The van der Waals surface area contributed by atoms with E-state index in [1.54, 1.807) is 18.4 Å². The van der Waals surface area contributed by atoms with E-state index < -0.39 is 17.8 Å². The molecule has 1 N–H and O–H groups in total. The first kappa shape index (κ1) is 13.2. The second kappa shape index (κ2) is 5.59. The van der Waals surface area contributed by atoms with Gasteiger partial charge in [0.05, 0.1) is 11.1 Å². The van der Waals surface area contributed by atoms with Crippen molar-refractivity contribution in [1.29, 1.82) is 5.26 Å². The molecule has 0 saturated heterocycles. The third-order valence-electron chi connectivity index (χ3n) is 2.47. The maximum Gasteiger partial charge on any atom is 0.272 e. The number of hydrogen-bond acceptors (Lipinski definition) is 4. The van der Waals surface area contributed by atoms with Gasteiger partial charge in [0.25, 0.3) is 5.91 Å². The van der Waals surface area contributed by atoms with Crippen LogP contribution < -0.4 is 5.32 Å². The van der Waals surface area contributed by atoms with Crippen LogP contribution >= 0.6 is 11.3 Å². The normalized spacial score (nSPS) is 11.6. The average Bonchev–Trinajstić information content (AvgIpc) is 2.83. The summed E-state index contributed by atoms with van der Waals surface area (Å²) >= 11 is 1.34. The number of carbonyl (C=O) groups is 1. The van der Waals surface area contributed by atoms with E-state index in [-0.39, 0.29) is 11.3 Å². The monoisotopic (exact) mass is 275 g/mol. The molecule has 0 aliphatic rings. The Labute approximate surface area is 113 Å². The molecule has 1 heterocycles. The number of aryl methyl sites for hydroxylation is 1. The minimum atomic E-state index is -1.03.